The Morgan fingerprint density at radius 3 is 2.29 bits per heavy atom. The van der Waals surface area contributed by atoms with Crippen LogP contribution in [0.25, 0.3) is 0 Å². The van der Waals surface area contributed by atoms with Gasteiger partial charge in [0.1, 0.15) is 5.00 Å². The highest BCUT2D eigenvalue weighted by molar-refractivity contribution is 7.17. The molecule has 1 saturated carbocycles. The quantitative estimate of drug-likeness (QED) is 0.599. The minimum Gasteiger partial charge on any atom is -0.481 e. The molecule has 6 nitrogen and oxygen atoms in total. The van der Waals surface area contributed by atoms with Gasteiger partial charge < -0.3 is 15.7 Å². The minimum atomic E-state index is -0.906. The Labute approximate surface area is 189 Å². The standard InChI is InChI=1S/C24H36N2O4S/c1-13(2)25-21(28)19-17-11-10-14(24(3,4)5)12-18(17)31-22(19)26-20(27)15-8-6-7-9-16(15)23(29)30/h13-16H,6-12H2,1-5H3,(H,25,28)(H,26,27)(H,29,30)/t14-,15-,16+/m0/s1. The van der Waals surface area contributed by atoms with Gasteiger partial charge >= 0.3 is 5.97 Å². The van der Waals surface area contributed by atoms with E-state index < -0.39 is 17.8 Å². The van der Waals surface area contributed by atoms with Crippen LogP contribution in [0.3, 0.4) is 0 Å². The van der Waals surface area contributed by atoms with Crippen molar-refractivity contribution in [2.24, 2.45) is 23.2 Å². The Balaban J connectivity index is 1.91. The number of thiophene rings is 1. The molecule has 2 aliphatic rings. The van der Waals surface area contributed by atoms with E-state index in [4.69, 9.17) is 0 Å². The molecule has 2 aliphatic carbocycles. The molecule has 0 spiro atoms. The SMILES string of the molecule is CC(C)NC(=O)c1c(NC(=O)[C@H]2CCCC[C@H]2C(=O)O)sc2c1CC[C@H](C(C)(C)C)C2. The number of anilines is 1. The molecule has 1 aromatic rings. The molecule has 172 valence electrons. The third kappa shape index (κ3) is 5.30. The molecule has 0 unspecified atom stereocenters. The number of rotatable bonds is 5. The van der Waals surface area contributed by atoms with Crippen molar-refractivity contribution in [3.63, 3.8) is 0 Å². The fourth-order valence-electron chi connectivity index (χ4n) is 4.93. The van der Waals surface area contributed by atoms with Crippen LogP contribution in [0.15, 0.2) is 0 Å². The molecule has 3 N–H and O–H groups in total. The summed E-state index contributed by atoms with van der Waals surface area (Å²) in [6, 6.07) is -0.00717. The summed E-state index contributed by atoms with van der Waals surface area (Å²) in [4.78, 5) is 39.0. The predicted molar refractivity (Wildman–Crippen MR) is 124 cm³/mol. The maximum Gasteiger partial charge on any atom is 0.307 e. The molecule has 1 heterocycles. The fraction of sp³-hybridized carbons (Fsp3) is 0.708. The molecule has 31 heavy (non-hydrogen) atoms. The summed E-state index contributed by atoms with van der Waals surface area (Å²) in [5.74, 6) is -2.00. The van der Waals surface area contributed by atoms with Crippen LogP contribution in [0.4, 0.5) is 5.00 Å². The second kappa shape index (κ2) is 9.31. The maximum atomic E-state index is 13.1. The normalized spacial score (nSPS) is 23.9. The van der Waals surface area contributed by atoms with E-state index in [1.807, 2.05) is 13.8 Å². The van der Waals surface area contributed by atoms with Crippen LogP contribution >= 0.6 is 11.3 Å². The third-order valence-electron chi connectivity index (χ3n) is 6.79. The van der Waals surface area contributed by atoms with Crippen molar-refractivity contribution >= 4 is 34.1 Å². The van der Waals surface area contributed by atoms with Crippen LogP contribution in [-0.2, 0) is 22.4 Å². The van der Waals surface area contributed by atoms with Crippen molar-refractivity contribution < 1.29 is 19.5 Å². The number of carboxylic acid groups (broad SMARTS) is 1. The van der Waals surface area contributed by atoms with E-state index in [-0.39, 0.29) is 23.3 Å². The van der Waals surface area contributed by atoms with E-state index in [0.717, 1.165) is 37.7 Å². The molecule has 1 aromatic heterocycles. The molecule has 0 bridgehead atoms. The number of carbonyl (C=O) groups is 3. The fourth-order valence-corrected chi connectivity index (χ4v) is 6.26. The lowest BCUT2D eigenvalue weighted by Crippen LogP contribution is -2.36. The van der Waals surface area contributed by atoms with Gasteiger partial charge in [-0.3, -0.25) is 14.4 Å². The zero-order valence-corrected chi connectivity index (χ0v) is 20.2. The van der Waals surface area contributed by atoms with Gasteiger partial charge in [-0.2, -0.15) is 0 Å². The van der Waals surface area contributed by atoms with Gasteiger partial charge in [0.05, 0.1) is 17.4 Å². The molecule has 0 aromatic carbocycles. The smallest absolute Gasteiger partial charge is 0.307 e. The molecule has 7 heteroatoms. The summed E-state index contributed by atoms with van der Waals surface area (Å²) in [5.41, 5.74) is 1.82. The van der Waals surface area contributed by atoms with Crippen molar-refractivity contribution in [2.45, 2.75) is 85.6 Å². The number of nitrogens with one attached hydrogen (secondary N) is 2. The van der Waals surface area contributed by atoms with Crippen molar-refractivity contribution in [1.82, 2.24) is 5.32 Å². The Kier molecular flexibility index (Phi) is 7.14. The minimum absolute atomic E-state index is 0.00717. The Morgan fingerprint density at radius 2 is 1.71 bits per heavy atom. The Hall–Kier alpha value is -1.89. The van der Waals surface area contributed by atoms with Gasteiger partial charge in [0.25, 0.3) is 5.91 Å². The topological polar surface area (TPSA) is 95.5 Å². The Morgan fingerprint density at radius 1 is 1.06 bits per heavy atom. The second-order valence-electron chi connectivity index (χ2n) is 10.5. The monoisotopic (exact) mass is 448 g/mol. The summed E-state index contributed by atoms with van der Waals surface area (Å²) < 4.78 is 0. The van der Waals surface area contributed by atoms with E-state index >= 15 is 0 Å². The first-order valence-electron chi connectivity index (χ1n) is 11.5. The Bertz CT molecular complexity index is 852. The van der Waals surface area contributed by atoms with Gasteiger partial charge in [-0.1, -0.05) is 33.6 Å². The van der Waals surface area contributed by atoms with Crippen molar-refractivity contribution in [2.75, 3.05) is 5.32 Å². The highest BCUT2D eigenvalue weighted by Crippen LogP contribution is 2.44. The summed E-state index contributed by atoms with van der Waals surface area (Å²) >= 11 is 1.50. The van der Waals surface area contributed by atoms with E-state index in [0.29, 0.717) is 29.3 Å². The van der Waals surface area contributed by atoms with Crippen LogP contribution < -0.4 is 10.6 Å². The number of carboxylic acids is 1. The number of carbonyl (C=O) groups excluding carboxylic acids is 2. The summed E-state index contributed by atoms with van der Waals surface area (Å²) in [5, 5.41) is 16.1. The number of hydrogen-bond donors (Lipinski definition) is 3. The lowest BCUT2D eigenvalue weighted by molar-refractivity contribution is -0.147. The largest absolute Gasteiger partial charge is 0.481 e. The molecular weight excluding hydrogens is 412 g/mol. The molecule has 0 aliphatic heterocycles. The first-order chi connectivity index (χ1) is 14.5. The number of aliphatic carboxylic acids is 1. The van der Waals surface area contributed by atoms with Crippen molar-refractivity contribution in [3.8, 4) is 0 Å². The van der Waals surface area contributed by atoms with Gasteiger partial charge in [-0.15, -0.1) is 11.3 Å². The van der Waals surface area contributed by atoms with Gasteiger partial charge in [0.2, 0.25) is 5.91 Å². The molecule has 1 fully saturated rings. The van der Waals surface area contributed by atoms with Gasteiger partial charge in [0.15, 0.2) is 0 Å². The van der Waals surface area contributed by atoms with E-state index in [9.17, 15) is 19.5 Å². The predicted octanol–water partition coefficient (Wildman–Crippen LogP) is 4.87. The van der Waals surface area contributed by atoms with Crippen LogP contribution in [0.5, 0.6) is 0 Å². The van der Waals surface area contributed by atoms with Crippen LogP contribution in [0.2, 0.25) is 0 Å². The highest BCUT2D eigenvalue weighted by atomic mass is 32.1. The van der Waals surface area contributed by atoms with E-state index in [1.165, 1.54) is 16.2 Å². The zero-order chi connectivity index (χ0) is 22.9. The number of hydrogen-bond acceptors (Lipinski definition) is 4. The van der Waals surface area contributed by atoms with Crippen molar-refractivity contribution in [1.29, 1.82) is 0 Å². The zero-order valence-electron chi connectivity index (χ0n) is 19.3. The lowest BCUT2D eigenvalue weighted by Gasteiger charge is -2.33. The van der Waals surface area contributed by atoms with Gasteiger partial charge in [-0.25, -0.2) is 0 Å². The molecule has 2 amide bonds. The van der Waals surface area contributed by atoms with Crippen LogP contribution in [0, 0.1) is 23.2 Å². The highest BCUT2D eigenvalue weighted by Gasteiger charge is 2.38. The second-order valence-corrected chi connectivity index (χ2v) is 11.6. The van der Waals surface area contributed by atoms with Crippen LogP contribution in [-0.4, -0.2) is 28.9 Å². The lowest BCUT2D eigenvalue weighted by atomic mass is 9.72. The van der Waals surface area contributed by atoms with E-state index in [1.54, 1.807) is 0 Å². The van der Waals surface area contributed by atoms with E-state index in [2.05, 4.69) is 31.4 Å². The molecular formula is C24H36N2O4S. The van der Waals surface area contributed by atoms with Crippen molar-refractivity contribution in [3.05, 3.63) is 16.0 Å². The first kappa shape index (κ1) is 23.8. The molecule has 3 atom stereocenters. The third-order valence-corrected chi connectivity index (χ3v) is 7.96. The molecule has 3 rings (SSSR count). The number of amides is 2. The number of fused-ring (bicyclic) bond motifs is 1. The maximum absolute atomic E-state index is 13.1. The summed E-state index contributed by atoms with van der Waals surface area (Å²) in [6.45, 7) is 10.6. The molecule has 0 saturated heterocycles. The molecule has 0 radical (unpaired) electrons. The first-order valence-corrected chi connectivity index (χ1v) is 12.3. The summed E-state index contributed by atoms with van der Waals surface area (Å²) in [6.07, 6.45) is 5.55. The van der Waals surface area contributed by atoms with Gasteiger partial charge in [0, 0.05) is 10.9 Å². The average molecular weight is 449 g/mol. The summed E-state index contributed by atoms with van der Waals surface area (Å²) in [7, 11) is 0. The van der Waals surface area contributed by atoms with Crippen LogP contribution in [0.1, 0.15) is 87.5 Å². The average Bonchev–Trinajstić information content (AvgIpc) is 3.03. The van der Waals surface area contributed by atoms with Gasteiger partial charge in [-0.05, 0) is 62.8 Å².